The number of hydrogen-bond donors (Lipinski definition) is 1. The lowest BCUT2D eigenvalue weighted by Crippen LogP contribution is -2.50. The van der Waals surface area contributed by atoms with Gasteiger partial charge >= 0.3 is 0 Å². The number of H-pyrrole nitrogens is 1. The molecule has 0 aliphatic carbocycles. The van der Waals surface area contributed by atoms with Gasteiger partial charge in [-0.25, -0.2) is 9.49 Å². The molecule has 0 spiro atoms. The maximum atomic E-state index is 14.7. The molecule has 0 unspecified atom stereocenters. The van der Waals surface area contributed by atoms with Gasteiger partial charge in [-0.3, -0.25) is 14.4 Å². The molecule has 1 aromatic heterocycles. The Bertz CT molecular complexity index is 1350. The lowest BCUT2D eigenvalue weighted by molar-refractivity contribution is -0.132. The van der Waals surface area contributed by atoms with Crippen LogP contribution < -0.4 is 10.3 Å². The normalized spacial score (nSPS) is 13.6. The summed E-state index contributed by atoms with van der Waals surface area (Å²) in [5.74, 6) is -0.602. The van der Waals surface area contributed by atoms with Crippen LogP contribution in [-0.2, 0) is 4.79 Å². The number of nitrogens with one attached hydrogen (secondary N) is 1. The molecule has 0 saturated carbocycles. The van der Waals surface area contributed by atoms with Crippen molar-refractivity contribution in [1.29, 1.82) is 0 Å². The number of ether oxygens (including phenoxy) is 1. The highest BCUT2D eigenvalue weighted by atomic mass is 19.1. The van der Waals surface area contributed by atoms with Gasteiger partial charge in [-0.1, -0.05) is 70.4 Å². The predicted molar refractivity (Wildman–Crippen MR) is 153 cm³/mol. The SMILES string of the molecule is CCCCCCCCCCCC(=O)N1CCN(C(=O)c2cc(Oc3n[nH]c(=O)c4ccccc34)ccc2F)CC1. The zero-order chi connectivity index (χ0) is 28.3. The van der Waals surface area contributed by atoms with Crippen LogP contribution in [0, 0.1) is 5.82 Å². The highest BCUT2D eigenvalue weighted by Crippen LogP contribution is 2.27. The number of unbranched alkanes of at least 4 members (excludes halogenated alkanes) is 8. The Morgan fingerprint density at radius 3 is 2.20 bits per heavy atom. The van der Waals surface area contributed by atoms with Crippen LogP contribution in [0.4, 0.5) is 4.39 Å². The first-order valence-corrected chi connectivity index (χ1v) is 14.5. The Labute approximate surface area is 234 Å². The van der Waals surface area contributed by atoms with Gasteiger partial charge in [0.25, 0.3) is 11.5 Å². The van der Waals surface area contributed by atoms with E-state index in [1.807, 2.05) is 0 Å². The van der Waals surface area contributed by atoms with Crippen LogP contribution in [0.2, 0.25) is 0 Å². The Morgan fingerprint density at radius 2 is 1.50 bits per heavy atom. The molecule has 1 N–H and O–H groups in total. The Morgan fingerprint density at radius 1 is 0.875 bits per heavy atom. The number of rotatable bonds is 13. The molecule has 0 atom stereocenters. The molecule has 3 aromatic rings. The third-order valence-corrected chi connectivity index (χ3v) is 7.46. The van der Waals surface area contributed by atoms with E-state index in [1.54, 1.807) is 34.1 Å². The van der Waals surface area contributed by atoms with Gasteiger partial charge in [-0.15, -0.1) is 5.10 Å². The summed E-state index contributed by atoms with van der Waals surface area (Å²) < 4.78 is 20.5. The lowest BCUT2D eigenvalue weighted by atomic mass is 10.1. The molecule has 1 aliphatic rings. The summed E-state index contributed by atoms with van der Waals surface area (Å²) in [4.78, 5) is 41.2. The topological polar surface area (TPSA) is 95.6 Å². The summed E-state index contributed by atoms with van der Waals surface area (Å²) in [6.07, 6.45) is 11.4. The average Bonchev–Trinajstić information content (AvgIpc) is 2.98. The highest BCUT2D eigenvalue weighted by molar-refractivity contribution is 5.95. The van der Waals surface area contributed by atoms with Gasteiger partial charge in [0.05, 0.1) is 16.3 Å². The molecular formula is C31H39FN4O4. The van der Waals surface area contributed by atoms with Gasteiger partial charge in [0.1, 0.15) is 11.6 Å². The van der Waals surface area contributed by atoms with Crippen molar-refractivity contribution in [3.05, 3.63) is 64.2 Å². The summed E-state index contributed by atoms with van der Waals surface area (Å²) in [5, 5.41) is 7.29. The van der Waals surface area contributed by atoms with Crippen molar-refractivity contribution < 1.29 is 18.7 Å². The van der Waals surface area contributed by atoms with Crippen LogP contribution in [0.25, 0.3) is 10.8 Å². The second kappa shape index (κ2) is 14.6. The molecule has 1 saturated heterocycles. The van der Waals surface area contributed by atoms with Gasteiger partial charge in [-0.05, 0) is 36.8 Å². The van der Waals surface area contributed by atoms with Crippen molar-refractivity contribution >= 4 is 22.6 Å². The maximum absolute atomic E-state index is 14.7. The fourth-order valence-electron chi connectivity index (χ4n) is 5.09. The van der Waals surface area contributed by atoms with E-state index in [1.165, 1.54) is 63.1 Å². The number of carbonyl (C=O) groups excluding carboxylic acids is 2. The van der Waals surface area contributed by atoms with Gasteiger partial charge < -0.3 is 14.5 Å². The van der Waals surface area contributed by atoms with E-state index in [-0.39, 0.29) is 28.7 Å². The molecule has 0 bridgehead atoms. The standard InChI is InChI=1S/C31H39FN4O4/c1-2-3-4-5-6-7-8-9-10-15-28(37)35-18-20-36(21-19-35)31(39)26-22-23(16-17-27(26)32)40-30-25-14-12-11-13-24(25)29(38)33-34-30/h11-14,16-17,22H,2-10,15,18-21H2,1H3,(H,33,38). The largest absolute Gasteiger partial charge is 0.437 e. The molecule has 2 heterocycles. The summed E-state index contributed by atoms with van der Waals surface area (Å²) >= 11 is 0. The Hall–Kier alpha value is -3.75. The molecule has 2 amide bonds. The Balaban J connectivity index is 1.26. The van der Waals surface area contributed by atoms with Crippen molar-refractivity contribution in [3.63, 3.8) is 0 Å². The van der Waals surface area contributed by atoms with Crippen molar-refractivity contribution in [2.75, 3.05) is 26.2 Å². The van der Waals surface area contributed by atoms with Gasteiger partial charge in [0, 0.05) is 32.6 Å². The second-order valence-electron chi connectivity index (χ2n) is 10.4. The number of halogens is 1. The summed E-state index contributed by atoms with van der Waals surface area (Å²) in [5.41, 5.74) is -0.454. The molecule has 1 fully saturated rings. The third-order valence-electron chi connectivity index (χ3n) is 7.46. The third kappa shape index (κ3) is 7.67. The van der Waals surface area contributed by atoms with Crippen LogP contribution in [0.1, 0.15) is 81.5 Å². The van der Waals surface area contributed by atoms with Crippen molar-refractivity contribution in [3.8, 4) is 11.6 Å². The number of benzene rings is 2. The first-order valence-electron chi connectivity index (χ1n) is 14.5. The van der Waals surface area contributed by atoms with E-state index in [0.29, 0.717) is 43.4 Å². The molecule has 9 heteroatoms. The van der Waals surface area contributed by atoms with Crippen molar-refractivity contribution in [2.45, 2.75) is 71.1 Å². The zero-order valence-corrected chi connectivity index (χ0v) is 23.3. The van der Waals surface area contributed by atoms with E-state index in [4.69, 9.17) is 4.74 Å². The van der Waals surface area contributed by atoms with Crippen molar-refractivity contribution in [1.82, 2.24) is 20.0 Å². The van der Waals surface area contributed by atoms with E-state index in [2.05, 4.69) is 17.1 Å². The summed E-state index contributed by atoms with van der Waals surface area (Å²) in [6, 6.07) is 10.8. The fraction of sp³-hybridized carbons (Fsp3) is 0.484. The van der Waals surface area contributed by atoms with Gasteiger partial charge in [-0.2, -0.15) is 0 Å². The van der Waals surface area contributed by atoms with E-state index >= 15 is 0 Å². The molecule has 4 rings (SSSR count). The van der Waals surface area contributed by atoms with Crippen molar-refractivity contribution in [2.24, 2.45) is 0 Å². The van der Waals surface area contributed by atoms with E-state index in [9.17, 15) is 18.8 Å². The van der Waals surface area contributed by atoms with Crippen LogP contribution >= 0.6 is 0 Å². The van der Waals surface area contributed by atoms with Crippen LogP contribution in [0.5, 0.6) is 11.6 Å². The number of hydrogen-bond acceptors (Lipinski definition) is 5. The lowest BCUT2D eigenvalue weighted by Gasteiger charge is -2.35. The average molecular weight is 551 g/mol. The molecule has 1 aliphatic heterocycles. The Kier molecular flexibility index (Phi) is 10.7. The van der Waals surface area contributed by atoms with Gasteiger partial charge in [0.2, 0.25) is 11.8 Å². The molecule has 214 valence electrons. The second-order valence-corrected chi connectivity index (χ2v) is 10.4. The minimum Gasteiger partial charge on any atom is -0.437 e. The minimum absolute atomic E-state index is 0.110. The predicted octanol–water partition coefficient (Wildman–Crippen LogP) is 6.06. The number of nitrogens with zero attached hydrogens (tertiary/aromatic N) is 3. The van der Waals surface area contributed by atoms with Crippen LogP contribution in [-0.4, -0.2) is 58.0 Å². The zero-order valence-electron chi connectivity index (χ0n) is 23.3. The molecule has 0 radical (unpaired) electrons. The maximum Gasteiger partial charge on any atom is 0.272 e. The smallest absolute Gasteiger partial charge is 0.272 e. The van der Waals surface area contributed by atoms with E-state index in [0.717, 1.165) is 12.8 Å². The number of aromatic amines is 1. The quantitative estimate of drug-likeness (QED) is 0.261. The first-order chi connectivity index (χ1) is 19.5. The molecule has 8 nitrogen and oxygen atoms in total. The van der Waals surface area contributed by atoms with E-state index < -0.39 is 11.7 Å². The minimum atomic E-state index is -0.652. The van der Waals surface area contributed by atoms with Gasteiger partial charge in [0.15, 0.2) is 0 Å². The summed E-state index contributed by atoms with van der Waals surface area (Å²) in [7, 11) is 0. The van der Waals surface area contributed by atoms with Crippen LogP contribution in [0.15, 0.2) is 47.3 Å². The van der Waals surface area contributed by atoms with Crippen LogP contribution in [0.3, 0.4) is 0 Å². The number of piperazine rings is 1. The highest BCUT2D eigenvalue weighted by Gasteiger charge is 2.26. The number of carbonyl (C=O) groups is 2. The molecule has 2 aromatic carbocycles. The molecule has 40 heavy (non-hydrogen) atoms. The number of aromatic nitrogens is 2. The summed E-state index contributed by atoms with van der Waals surface area (Å²) in [6.45, 7) is 3.79. The monoisotopic (exact) mass is 550 g/mol. The molecular weight excluding hydrogens is 511 g/mol. The first kappa shape index (κ1) is 29.2. The fourth-order valence-corrected chi connectivity index (χ4v) is 5.09. The number of amides is 2. The number of fused-ring (bicyclic) bond motifs is 1.